The largest absolute Gasteiger partial charge is 0.272 e. The molecule has 1 N–H and O–H groups in total. The van der Waals surface area contributed by atoms with E-state index in [-0.39, 0.29) is 11.6 Å². The Morgan fingerprint density at radius 2 is 2.29 bits per heavy atom. The van der Waals surface area contributed by atoms with Crippen LogP contribution in [-0.4, -0.2) is 16.5 Å². The summed E-state index contributed by atoms with van der Waals surface area (Å²) in [6.45, 7) is 1.61. The molecule has 1 saturated carbocycles. The second kappa shape index (κ2) is 5.12. The molecule has 2 aliphatic carbocycles. The van der Waals surface area contributed by atoms with Crippen molar-refractivity contribution in [3.05, 3.63) is 51.6 Å². The third-order valence-electron chi connectivity index (χ3n) is 4.12. The minimum absolute atomic E-state index is 0.0109. The van der Waals surface area contributed by atoms with Gasteiger partial charge in [0.15, 0.2) is 0 Å². The Morgan fingerprint density at radius 1 is 1.48 bits per heavy atom. The first kappa shape index (κ1) is 13.5. The molecule has 0 spiro atoms. The Labute approximate surface area is 121 Å². The molecule has 2 atom stereocenters. The van der Waals surface area contributed by atoms with Crippen molar-refractivity contribution >= 4 is 17.3 Å². The second-order valence-corrected chi connectivity index (χ2v) is 5.44. The van der Waals surface area contributed by atoms with Crippen LogP contribution in [-0.2, 0) is 0 Å². The molecule has 6 nitrogen and oxygen atoms in total. The zero-order valence-corrected chi connectivity index (χ0v) is 11.6. The summed E-state index contributed by atoms with van der Waals surface area (Å²) in [6, 6.07) is 4.30. The minimum Gasteiger partial charge on any atom is -0.267 e. The first-order chi connectivity index (χ1) is 10.1. The van der Waals surface area contributed by atoms with E-state index in [4.69, 9.17) is 0 Å². The number of carbonyl (C=O) groups is 1. The highest BCUT2D eigenvalue weighted by molar-refractivity contribution is 5.98. The summed E-state index contributed by atoms with van der Waals surface area (Å²) in [4.78, 5) is 22.3. The van der Waals surface area contributed by atoms with Gasteiger partial charge in [-0.2, -0.15) is 5.10 Å². The van der Waals surface area contributed by atoms with Crippen molar-refractivity contribution in [3.63, 3.8) is 0 Å². The smallest absolute Gasteiger partial charge is 0.267 e. The van der Waals surface area contributed by atoms with Crippen LogP contribution in [0.25, 0.3) is 0 Å². The third kappa shape index (κ3) is 2.44. The molecule has 6 heteroatoms. The number of carbonyl (C=O) groups excluding carboxylic acids is 1. The number of aryl methyl sites for hydroxylation is 1. The maximum Gasteiger partial charge on any atom is 0.272 e. The van der Waals surface area contributed by atoms with Gasteiger partial charge in [0.1, 0.15) is 0 Å². The highest BCUT2D eigenvalue weighted by Crippen LogP contribution is 2.40. The predicted octanol–water partition coefficient (Wildman–Crippen LogP) is 2.59. The summed E-state index contributed by atoms with van der Waals surface area (Å²) >= 11 is 0. The van der Waals surface area contributed by atoms with Gasteiger partial charge in [-0.3, -0.25) is 14.9 Å². The molecule has 0 bridgehead atoms. The molecule has 3 rings (SSSR count). The molecule has 1 amide bonds. The summed E-state index contributed by atoms with van der Waals surface area (Å²) in [7, 11) is 0. The zero-order valence-electron chi connectivity index (χ0n) is 11.6. The molecule has 0 radical (unpaired) electrons. The Hall–Kier alpha value is -2.50. The number of amides is 1. The molecule has 0 saturated heterocycles. The van der Waals surface area contributed by atoms with E-state index in [0.29, 0.717) is 23.0 Å². The summed E-state index contributed by atoms with van der Waals surface area (Å²) in [6.07, 6.45) is 6.25. The van der Waals surface area contributed by atoms with Gasteiger partial charge < -0.3 is 0 Å². The number of nitrogens with one attached hydrogen (secondary N) is 1. The number of fused-ring (bicyclic) bond motifs is 1. The maximum absolute atomic E-state index is 12.0. The lowest BCUT2D eigenvalue weighted by atomic mass is 9.74. The summed E-state index contributed by atoms with van der Waals surface area (Å²) < 4.78 is 0. The molecule has 1 aromatic rings. The number of nitro benzene ring substituents is 1. The minimum atomic E-state index is -0.459. The average Bonchev–Trinajstić information content (AvgIpc) is 2.79. The molecule has 0 aromatic heterocycles. The number of nitrogens with zero attached hydrogens (tertiary/aromatic N) is 2. The van der Waals surface area contributed by atoms with E-state index in [1.165, 1.54) is 18.2 Å². The topological polar surface area (TPSA) is 84.6 Å². The lowest BCUT2D eigenvalue weighted by Crippen LogP contribution is -2.35. The zero-order chi connectivity index (χ0) is 15.0. The number of allylic oxidation sites excluding steroid dienone is 2. The van der Waals surface area contributed by atoms with Crippen LogP contribution in [0.3, 0.4) is 0 Å². The molecule has 1 fully saturated rings. The van der Waals surface area contributed by atoms with Gasteiger partial charge in [-0.15, -0.1) is 0 Å². The average molecular weight is 285 g/mol. The first-order valence-corrected chi connectivity index (χ1v) is 6.85. The van der Waals surface area contributed by atoms with E-state index in [1.807, 2.05) is 0 Å². The van der Waals surface area contributed by atoms with Crippen LogP contribution in [0.5, 0.6) is 0 Å². The van der Waals surface area contributed by atoms with Gasteiger partial charge in [-0.05, 0) is 37.8 Å². The predicted molar refractivity (Wildman–Crippen MR) is 78.1 cm³/mol. The lowest BCUT2D eigenvalue weighted by Gasteiger charge is -2.31. The van der Waals surface area contributed by atoms with Crippen molar-refractivity contribution in [1.29, 1.82) is 0 Å². The molecule has 108 valence electrons. The van der Waals surface area contributed by atoms with Gasteiger partial charge in [0, 0.05) is 28.8 Å². The second-order valence-electron chi connectivity index (χ2n) is 5.44. The number of benzene rings is 1. The highest BCUT2D eigenvalue weighted by Gasteiger charge is 2.38. The van der Waals surface area contributed by atoms with Crippen LogP contribution in [0.4, 0.5) is 5.69 Å². The fraction of sp³-hybridized carbons (Fsp3) is 0.333. The molecule has 0 heterocycles. The molecule has 0 unspecified atom stereocenters. The van der Waals surface area contributed by atoms with Gasteiger partial charge in [0.2, 0.25) is 0 Å². The van der Waals surface area contributed by atoms with E-state index < -0.39 is 4.92 Å². The summed E-state index contributed by atoms with van der Waals surface area (Å²) in [5, 5.41) is 14.9. The van der Waals surface area contributed by atoms with Gasteiger partial charge in [-0.25, -0.2) is 5.43 Å². The van der Waals surface area contributed by atoms with E-state index >= 15 is 0 Å². The summed E-state index contributed by atoms with van der Waals surface area (Å²) in [5.41, 5.74) is 4.42. The molecule has 0 aliphatic heterocycles. The molecule has 2 aliphatic rings. The van der Waals surface area contributed by atoms with Gasteiger partial charge >= 0.3 is 0 Å². The Morgan fingerprint density at radius 3 is 2.95 bits per heavy atom. The maximum atomic E-state index is 12.0. The third-order valence-corrected chi connectivity index (χ3v) is 4.12. The highest BCUT2D eigenvalue weighted by atomic mass is 16.6. The van der Waals surface area contributed by atoms with Crippen molar-refractivity contribution in [2.45, 2.75) is 19.8 Å². The Bertz CT molecular complexity index is 679. The molecular formula is C15H15N3O3. The molecular weight excluding hydrogens is 270 g/mol. The first-order valence-electron chi connectivity index (χ1n) is 6.85. The number of nitro groups is 1. The normalized spacial score (nSPS) is 24.5. The van der Waals surface area contributed by atoms with Gasteiger partial charge in [0.25, 0.3) is 11.6 Å². The fourth-order valence-electron chi connectivity index (χ4n) is 2.85. The van der Waals surface area contributed by atoms with E-state index in [2.05, 4.69) is 22.7 Å². The van der Waals surface area contributed by atoms with Crippen LogP contribution >= 0.6 is 0 Å². The monoisotopic (exact) mass is 285 g/mol. The van der Waals surface area contributed by atoms with Crippen LogP contribution in [0, 0.1) is 28.9 Å². The SMILES string of the molecule is Cc1cc(C(=O)N/N=C2\C[C@H]3C=CC[C@@H]23)ccc1[N+](=O)[O-]. The van der Waals surface area contributed by atoms with Crippen LogP contribution < -0.4 is 5.43 Å². The van der Waals surface area contributed by atoms with Crippen molar-refractivity contribution in [2.24, 2.45) is 16.9 Å². The standard InChI is InChI=1S/C15H15N3O3/c1-9-7-11(5-6-14(9)18(20)21)15(19)17-16-13-8-10-3-2-4-12(10)13/h2-3,5-7,10,12H,4,8H2,1H3,(H,17,19)/b16-13+/t10-,12-/m1/s1. The van der Waals surface area contributed by atoms with Gasteiger partial charge in [0.05, 0.1) is 4.92 Å². The summed E-state index contributed by atoms with van der Waals surface area (Å²) in [5.74, 6) is 0.695. The van der Waals surface area contributed by atoms with Crippen LogP contribution in [0.1, 0.15) is 28.8 Å². The molecule has 1 aromatic carbocycles. The number of hydrogen-bond donors (Lipinski definition) is 1. The van der Waals surface area contributed by atoms with Crippen molar-refractivity contribution in [2.75, 3.05) is 0 Å². The van der Waals surface area contributed by atoms with Gasteiger partial charge in [-0.1, -0.05) is 12.2 Å². The van der Waals surface area contributed by atoms with E-state index in [0.717, 1.165) is 18.6 Å². The quantitative estimate of drug-likeness (QED) is 0.526. The Balaban J connectivity index is 1.67. The Kier molecular flexibility index (Phi) is 3.29. The van der Waals surface area contributed by atoms with Crippen molar-refractivity contribution in [1.82, 2.24) is 5.43 Å². The van der Waals surface area contributed by atoms with Crippen molar-refractivity contribution < 1.29 is 9.72 Å². The molecule has 21 heavy (non-hydrogen) atoms. The van der Waals surface area contributed by atoms with E-state index in [9.17, 15) is 14.9 Å². The van der Waals surface area contributed by atoms with Crippen LogP contribution in [0.2, 0.25) is 0 Å². The number of hydrazone groups is 1. The lowest BCUT2D eigenvalue weighted by molar-refractivity contribution is -0.385. The number of hydrogen-bond acceptors (Lipinski definition) is 4. The van der Waals surface area contributed by atoms with Crippen LogP contribution in [0.15, 0.2) is 35.5 Å². The fourth-order valence-corrected chi connectivity index (χ4v) is 2.85. The van der Waals surface area contributed by atoms with Crippen molar-refractivity contribution in [3.8, 4) is 0 Å². The number of rotatable bonds is 3. The van der Waals surface area contributed by atoms with E-state index in [1.54, 1.807) is 6.92 Å².